The third kappa shape index (κ3) is 7.82. The van der Waals surface area contributed by atoms with Gasteiger partial charge in [0.05, 0.1) is 24.0 Å². The van der Waals surface area contributed by atoms with Gasteiger partial charge in [-0.25, -0.2) is 13.2 Å². The number of hydrogen-bond donors (Lipinski definition) is 0. The second kappa shape index (κ2) is 13.8. The van der Waals surface area contributed by atoms with Crippen LogP contribution in [0.25, 0.3) is 0 Å². The van der Waals surface area contributed by atoms with Crippen molar-refractivity contribution in [1.29, 1.82) is 0 Å². The largest absolute Gasteiger partial charge is 0.467 e. The minimum atomic E-state index is -4.16. The Kier molecular flexibility index (Phi) is 10.6. The number of likely N-dealkylation sites (N-methyl/N-ethyl adjacent to an activating group) is 1. The molecule has 3 aromatic rings. The fraction of sp³-hybridized carbons (Fsp3) is 0.382. The molecule has 0 aliphatic carbocycles. The molecule has 0 saturated carbocycles. The van der Waals surface area contributed by atoms with E-state index in [9.17, 15) is 22.8 Å². The molecule has 1 heterocycles. The van der Waals surface area contributed by atoms with E-state index < -0.39 is 57.5 Å². The number of sulfonamides is 1. The van der Waals surface area contributed by atoms with E-state index in [0.29, 0.717) is 5.56 Å². The Morgan fingerprint density at radius 3 is 2.11 bits per heavy atom. The molecule has 0 unspecified atom stereocenters. The molecule has 11 heteroatoms. The first-order chi connectivity index (χ1) is 21.1. The quantitative estimate of drug-likeness (QED) is 0.273. The molecule has 0 N–H and O–H groups in total. The summed E-state index contributed by atoms with van der Waals surface area (Å²) in [6, 6.07) is 19.2. The number of carbonyl (C=O) groups is 3. The Hall–Kier alpha value is -3.54. The number of rotatable bonds is 9. The lowest BCUT2D eigenvalue weighted by molar-refractivity contribution is -0.161. The molecular formula is C34H39BrN2O7S. The number of likely N-dealkylation sites (tertiary alicyclic amines) is 1. The van der Waals surface area contributed by atoms with Crippen LogP contribution in [0.5, 0.6) is 0 Å². The molecular weight excluding hydrogens is 660 g/mol. The van der Waals surface area contributed by atoms with Crippen LogP contribution in [0.15, 0.2) is 88.2 Å². The van der Waals surface area contributed by atoms with E-state index in [4.69, 9.17) is 9.47 Å². The molecule has 1 aliphatic heterocycles. The molecule has 240 valence electrons. The first kappa shape index (κ1) is 34.3. The van der Waals surface area contributed by atoms with Gasteiger partial charge in [-0.15, -0.1) is 0 Å². The summed E-state index contributed by atoms with van der Waals surface area (Å²) >= 11 is 3.44. The number of hydrogen-bond acceptors (Lipinski definition) is 7. The average Bonchev–Trinajstić information content (AvgIpc) is 3.40. The van der Waals surface area contributed by atoms with Gasteiger partial charge in [-0.2, -0.15) is 4.31 Å². The van der Waals surface area contributed by atoms with Crippen LogP contribution in [0.3, 0.4) is 0 Å². The molecule has 4 rings (SSSR count). The number of esters is 2. The van der Waals surface area contributed by atoms with Gasteiger partial charge in [0.15, 0.2) is 0 Å². The lowest BCUT2D eigenvalue weighted by Crippen LogP contribution is -2.54. The number of ether oxygens (including phenoxy) is 2. The predicted molar refractivity (Wildman–Crippen MR) is 174 cm³/mol. The van der Waals surface area contributed by atoms with Crippen molar-refractivity contribution in [1.82, 2.24) is 9.21 Å². The first-order valence-corrected chi connectivity index (χ1v) is 16.8. The number of halogens is 1. The first-order valence-electron chi connectivity index (χ1n) is 14.6. The van der Waals surface area contributed by atoms with E-state index in [-0.39, 0.29) is 17.7 Å². The fourth-order valence-corrected chi connectivity index (χ4v) is 7.16. The number of methoxy groups -OCH3 is 1. The van der Waals surface area contributed by atoms with E-state index in [2.05, 4.69) is 15.9 Å². The zero-order valence-electron chi connectivity index (χ0n) is 26.3. The van der Waals surface area contributed by atoms with Crippen molar-refractivity contribution in [2.75, 3.05) is 14.2 Å². The molecule has 4 atom stereocenters. The maximum Gasteiger partial charge on any atom is 0.328 e. The van der Waals surface area contributed by atoms with Crippen LogP contribution in [0.4, 0.5) is 0 Å². The van der Waals surface area contributed by atoms with Crippen molar-refractivity contribution in [3.05, 3.63) is 100 Å². The summed E-state index contributed by atoms with van der Waals surface area (Å²) in [7, 11) is -1.58. The molecule has 9 nitrogen and oxygen atoms in total. The highest BCUT2D eigenvalue weighted by atomic mass is 79.9. The number of nitrogens with zero attached hydrogens (tertiary/aromatic N) is 2. The van der Waals surface area contributed by atoms with Crippen LogP contribution >= 0.6 is 15.9 Å². The molecule has 1 fully saturated rings. The third-order valence-corrected chi connectivity index (χ3v) is 10.2. The van der Waals surface area contributed by atoms with E-state index in [1.54, 1.807) is 57.2 Å². The number of amides is 1. The van der Waals surface area contributed by atoms with Gasteiger partial charge in [-0.05, 0) is 75.9 Å². The normalized spacial score (nSPS) is 19.3. The molecule has 0 spiro atoms. The fourth-order valence-electron chi connectivity index (χ4n) is 5.59. The maximum absolute atomic E-state index is 14.9. The minimum absolute atomic E-state index is 0.0236. The predicted octanol–water partition coefficient (Wildman–Crippen LogP) is 5.46. The molecule has 0 bridgehead atoms. The molecule has 1 saturated heterocycles. The van der Waals surface area contributed by atoms with Crippen LogP contribution in [0.1, 0.15) is 49.9 Å². The van der Waals surface area contributed by atoms with E-state index in [0.717, 1.165) is 19.9 Å². The van der Waals surface area contributed by atoms with Crippen molar-refractivity contribution in [2.45, 2.75) is 69.2 Å². The molecule has 0 radical (unpaired) electrons. The van der Waals surface area contributed by atoms with Gasteiger partial charge < -0.3 is 14.4 Å². The van der Waals surface area contributed by atoms with Crippen molar-refractivity contribution < 1.29 is 32.3 Å². The van der Waals surface area contributed by atoms with E-state index >= 15 is 0 Å². The molecule has 45 heavy (non-hydrogen) atoms. The third-order valence-electron chi connectivity index (χ3n) is 7.84. The van der Waals surface area contributed by atoms with E-state index in [1.807, 2.05) is 37.3 Å². The second-order valence-electron chi connectivity index (χ2n) is 12.2. The Labute approximate surface area is 273 Å². The van der Waals surface area contributed by atoms with Gasteiger partial charge in [0.1, 0.15) is 17.7 Å². The number of carbonyl (C=O) groups excluding carboxylic acids is 3. The average molecular weight is 700 g/mol. The van der Waals surface area contributed by atoms with Crippen LogP contribution in [-0.2, 0) is 40.3 Å². The SMILES string of the molecule is COC(=O)[C@@H]1C[C@H](C(=O)OC(C)(C)C)[C@H](c2ccc(Br)cc2)N1C(=O)[C@H](Cc1ccccc1)N(C)S(=O)(=O)c1ccc(C)cc1. The van der Waals surface area contributed by atoms with Crippen LogP contribution in [0, 0.1) is 12.8 Å². The minimum Gasteiger partial charge on any atom is -0.467 e. The maximum atomic E-state index is 14.9. The van der Waals surface area contributed by atoms with Crippen molar-refractivity contribution in [3.8, 4) is 0 Å². The van der Waals surface area contributed by atoms with Gasteiger partial charge in [-0.1, -0.05) is 76.1 Å². The topological polar surface area (TPSA) is 110 Å². The van der Waals surface area contributed by atoms with E-state index in [1.165, 1.54) is 31.2 Å². The lowest BCUT2D eigenvalue weighted by Gasteiger charge is -2.36. The van der Waals surface area contributed by atoms with Gasteiger partial charge in [0.25, 0.3) is 0 Å². The van der Waals surface area contributed by atoms with Crippen LogP contribution < -0.4 is 0 Å². The molecule has 0 aromatic heterocycles. The Morgan fingerprint density at radius 1 is 0.956 bits per heavy atom. The Balaban J connectivity index is 1.87. The molecule has 3 aromatic carbocycles. The summed E-state index contributed by atoms with van der Waals surface area (Å²) in [5.41, 5.74) is 1.38. The van der Waals surface area contributed by atoms with Crippen molar-refractivity contribution in [2.24, 2.45) is 5.92 Å². The molecule has 1 amide bonds. The van der Waals surface area contributed by atoms with Crippen molar-refractivity contribution >= 4 is 43.8 Å². The summed E-state index contributed by atoms with van der Waals surface area (Å²) in [6.45, 7) is 7.09. The zero-order valence-corrected chi connectivity index (χ0v) is 28.7. The van der Waals surface area contributed by atoms with Crippen LogP contribution in [-0.4, -0.2) is 67.3 Å². The van der Waals surface area contributed by atoms with Crippen molar-refractivity contribution in [3.63, 3.8) is 0 Å². The summed E-state index contributed by atoms with van der Waals surface area (Å²) in [5.74, 6) is -2.83. The lowest BCUT2D eigenvalue weighted by atomic mass is 9.92. The Morgan fingerprint density at radius 2 is 1.56 bits per heavy atom. The van der Waals surface area contributed by atoms with Gasteiger partial charge in [0.2, 0.25) is 15.9 Å². The van der Waals surface area contributed by atoms with Crippen LogP contribution in [0.2, 0.25) is 0 Å². The monoisotopic (exact) mass is 698 g/mol. The number of benzene rings is 3. The Bertz CT molecular complexity index is 1620. The summed E-state index contributed by atoms with van der Waals surface area (Å²) < 4.78 is 40.7. The summed E-state index contributed by atoms with van der Waals surface area (Å²) in [5, 5.41) is 0. The zero-order chi connectivity index (χ0) is 33.1. The summed E-state index contributed by atoms with van der Waals surface area (Å²) in [4.78, 5) is 43.3. The molecule has 1 aliphatic rings. The number of aryl methyl sites for hydroxylation is 1. The van der Waals surface area contributed by atoms with Gasteiger partial charge in [0, 0.05) is 11.5 Å². The highest BCUT2D eigenvalue weighted by Crippen LogP contribution is 2.44. The highest BCUT2D eigenvalue weighted by Gasteiger charge is 2.54. The summed E-state index contributed by atoms with van der Waals surface area (Å²) in [6.07, 6.45) is -0.0314. The highest BCUT2D eigenvalue weighted by molar-refractivity contribution is 9.10. The van der Waals surface area contributed by atoms with Gasteiger partial charge in [-0.3, -0.25) is 9.59 Å². The second-order valence-corrected chi connectivity index (χ2v) is 15.1. The van der Waals surface area contributed by atoms with Gasteiger partial charge >= 0.3 is 11.9 Å². The standard InChI is InChI=1S/C34H39BrN2O7S/c1-22-12-18-26(19-13-22)45(41,42)36(5)28(20-23-10-8-7-9-11-23)31(38)37-29(33(40)43-6)21-27(32(39)44-34(2,3)4)30(37)24-14-16-25(35)17-15-24/h7-19,27-30H,20-21H2,1-6H3/t27-,28-,29-,30-/m0/s1. The smallest absolute Gasteiger partial charge is 0.328 e.